The van der Waals surface area contributed by atoms with E-state index in [1.54, 1.807) is 12.1 Å². The number of hydrogen-bond donors (Lipinski definition) is 4. The van der Waals surface area contributed by atoms with E-state index in [0.29, 0.717) is 23.4 Å². The van der Waals surface area contributed by atoms with E-state index >= 15 is 0 Å². The van der Waals surface area contributed by atoms with Crippen LogP contribution in [0.5, 0.6) is 17.2 Å². The molecule has 4 N–H and O–H groups in total. The molecule has 0 fully saturated rings. The number of aromatic hydroxyl groups is 3. The lowest BCUT2D eigenvalue weighted by Crippen LogP contribution is -2.22. The molecular formula is C17H17NO5S. The molecule has 0 bridgehead atoms. The van der Waals surface area contributed by atoms with Gasteiger partial charge in [-0.25, -0.2) is 0 Å². The molecule has 2 aromatic carbocycles. The molecule has 0 aliphatic rings. The normalized spacial score (nSPS) is 10.4. The van der Waals surface area contributed by atoms with Crippen LogP contribution in [0.15, 0.2) is 36.4 Å². The summed E-state index contributed by atoms with van der Waals surface area (Å²) < 4.78 is 0. The van der Waals surface area contributed by atoms with Crippen molar-refractivity contribution in [3.05, 3.63) is 42.0 Å². The van der Waals surface area contributed by atoms with Crippen molar-refractivity contribution >= 4 is 22.8 Å². The molecule has 0 spiro atoms. The Morgan fingerprint density at radius 1 is 1.08 bits per heavy atom. The smallest absolute Gasteiger partial charge is 0.223 e. The molecule has 0 radical (unpaired) electrons. The van der Waals surface area contributed by atoms with E-state index in [4.69, 9.17) is 0 Å². The fourth-order valence-electron chi connectivity index (χ4n) is 2.17. The first kappa shape index (κ1) is 17.7. The molecule has 0 saturated heterocycles. The second-order valence-electron chi connectivity index (χ2n) is 5.06. The number of phenolic OH excluding ortho intramolecular Hbond substituents is 3. The highest BCUT2D eigenvalue weighted by Crippen LogP contribution is 2.37. The Morgan fingerprint density at radius 2 is 1.83 bits per heavy atom. The summed E-state index contributed by atoms with van der Waals surface area (Å²) in [5, 5.41) is 31.6. The number of rotatable bonds is 5. The summed E-state index contributed by atoms with van der Waals surface area (Å²) in [5.41, 5.74) is 0.860. The Kier molecular flexibility index (Phi) is 5.70. The zero-order chi connectivity index (χ0) is 17.7. The first-order valence-electron chi connectivity index (χ1n) is 7.15. The Labute approximate surface area is 143 Å². The van der Waals surface area contributed by atoms with Gasteiger partial charge in [-0.1, -0.05) is 23.9 Å². The van der Waals surface area contributed by atoms with Crippen molar-refractivity contribution in [2.45, 2.75) is 6.92 Å². The third-order valence-corrected chi connectivity index (χ3v) is 4.05. The molecule has 0 heterocycles. The summed E-state index contributed by atoms with van der Waals surface area (Å²) in [6.07, 6.45) is 0. The van der Waals surface area contributed by atoms with Crippen LogP contribution in [0.25, 0.3) is 11.1 Å². The highest BCUT2D eigenvalue weighted by Gasteiger charge is 2.19. The Bertz CT molecular complexity index is 776. The molecule has 0 saturated carbocycles. The molecule has 2 aromatic rings. The van der Waals surface area contributed by atoms with Crippen LogP contribution < -0.4 is 5.32 Å². The Balaban J connectivity index is 2.31. The molecule has 0 unspecified atom stereocenters. The lowest BCUT2D eigenvalue weighted by molar-refractivity contribution is -0.118. The van der Waals surface area contributed by atoms with E-state index in [1.165, 1.54) is 25.1 Å². The highest BCUT2D eigenvalue weighted by atomic mass is 32.2. The van der Waals surface area contributed by atoms with Crippen molar-refractivity contribution < 1.29 is 24.9 Å². The van der Waals surface area contributed by atoms with Crippen molar-refractivity contribution in [1.29, 1.82) is 0 Å². The van der Waals surface area contributed by atoms with Crippen LogP contribution in [0.1, 0.15) is 17.3 Å². The summed E-state index contributed by atoms with van der Waals surface area (Å²) in [6.45, 7) is 1.71. The van der Waals surface area contributed by atoms with Crippen molar-refractivity contribution in [2.75, 3.05) is 12.3 Å². The number of amides is 1. The van der Waals surface area contributed by atoms with Gasteiger partial charge in [0, 0.05) is 30.9 Å². The lowest BCUT2D eigenvalue weighted by atomic mass is 9.99. The summed E-state index contributed by atoms with van der Waals surface area (Å²) in [5.74, 6) is -0.364. The first-order valence-corrected chi connectivity index (χ1v) is 8.14. The fourth-order valence-corrected chi connectivity index (χ4v) is 2.92. The number of carbonyl (C=O) groups excluding carboxylic acids is 2. The average molecular weight is 347 g/mol. The molecule has 7 heteroatoms. The third kappa shape index (κ3) is 4.42. The second-order valence-corrected chi connectivity index (χ2v) is 6.12. The summed E-state index contributed by atoms with van der Waals surface area (Å²) in [6, 6.07) is 8.63. The maximum absolute atomic E-state index is 12.4. The number of hydrogen-bond acceptors (Lipinski definition) is 6. The van der Waals surface area contributed by atoms with Crippen molar-refractivity contribution in [1.82, 2.24) is 5.32 Å². The summed E-state index contributed by atoms with van der Waals surface area (Å²) >= 11 is 0.947. The molecule has 1 amide bonds. The Morgan fingerprint density at radius 3 is 2.50 bits per heavy atom. The van der Waals surface area contributed by atoms with Crippen molar-refractivity contribution in [3.63, 3.8) is 0 Å². The number of nitrogens with one attached hydrogen (secondary N) is 1. The van der Waals surface area contributed by atoms with Gasteiger partial charge in [-0.3, -0.25) is 9.59 Å². The monoisotopic (exact) mass is 347 g/mol. The molecule has 0 aliphatic carbocycles. The van der Waals surface area contributed by atoms with Crippen molar-refractivity contribution in [3.8, 4) is 28.4 Å². The molecule has 0 aliphatic heterocycles. The van der Waals surface area contributed by atoms with Crippen LogP contribution in [0.4, 0.5) is 0 Å². The number of thioether (sulfide) groups is 1. The van der Waals surface area contributed by atoms with E-state index in [-0.39, 0.29) is 28.7 Å². The standard InChI is InChI=1S/C17H17NO5S/c1-10(19)18-5-6-24-17(23)16-14(8-13(21)9-15(16)22)11-3-2-4-12(20)7-11/h2-4,7-9,20-22H,5-6H2,1H3,(H,18,19). The third-order valence-electron chi connectivity index (χ3n) is 3.17. The van der Waals surface area contributed by atoms with Gasteiger partial charge in [0.15, 0.2) is 0 Å². The average Bonchev–Trinajstić information content (AvgIpc) is 2.50. The van der Waals surface area contributed by atoms with Gasteiger partial charge in [0.2, 0.25) is 11.0 Å². The number of benzene rings is 2. The van der Waals surface area contributed by atoms with E-state index in [0.717, 1.165) is 17.8 Å². The molecule has 0 aromatic heterocycles. The molecule has 2 rings (SSSR count). The summed E-state index contributed by atoms with van der Waals surface area (Å²) in [7, 11) is 0. The zero-order valence-electron chi connectivity index (χ0n) is 12.9. The largest absolute Gasteiger partial charge is 0.508 e. The minimum Gasteiger partial charge on any atom is -0.508 e. The maximum Gasteiger partial charge on any atom is 0.223 e. The van der Waals surface area contributed by atoms with Gasteiger partial charge in [-0.05, 0) is 23.8 Å². The molecule has 6 nitrogen and oxygen atoms in total. The van der Waals surface area contributed by atoms with Gasteiger partial charge in [-0.2, -0.15) is 0 Å². The minimum absolute atomic E-state index is 0.00652. The second kappa shape index (κ2) is 7.74. The highest BCUT2D eigenvalue weighted by molar-refractivity contribution is 8.14. The van der Waals surface area contributed by atoms with Crippen LogP contribution in [-0.2, 0) is 4.79 Å². The van der Waals surface area contributed by atoms with E-state index in [2.05, 4.69) is 5.32 Å². The summed E-state index contributed by atoms with van der Waals surface area (Å²) in [4.78, 5) is 23.3. The quantitative estimate of drug-likeness (QED) is 0.619. The van der Waals surface area contributed by atoms with Gasteiger partial charge < -0.3 is 20.6 Å². The fraction of sp³-hybridized carbons (Fsp3) is 0.176. The van der Waals surface area contributed by atoms with Crippen LogP contribution in [0, 0.1) is 0 Å². The SMILES string of the molecule is CC(=O)NCCSC(=O)c1c(O)cc(O)cc1-c1cccc(O)c1. The van der Waals surface area contributed by atoms with Gasteiger partial charge >= 0.3 is 0 Å². The molecular weight excluding hydrogens is 330 g/mol. The van der Waals surface area contributed by atoms with Gasteiger partial charge in [-0.15, -0.1) is 0 Å². The van der Waals surface area contributed by atoms with Crippen LogP contribution in [0.3, 0.4) is 0 Å². The maximum atomic E-state index is 12.4. The molecule has 24 heavy (non-hydrogen) atoms. The molecule has 0 atom stereocenters. The Hall–Kier alpha value is -2.67. The first-order chi connectivity index (χ1) is 11.4. The van der Waals surface area contributed by atoms with Crippen molar-refractivity contribution in [2.24, 2.45) is 0 Å². The topological polar surface area (TPSA) is 107 Å². The van der Waals surface area contributed by atoms with E-state index in [1.807, 2.05) is 0 Å². The predicted octanol–water partition coefficient (Wildman–Crippen LogP) is 2.48. The van der Waals surface area contributed by atoms with E-state index < -0.39 is 5.12 Å². The van der Waals surface area contributed by atoms with Crippen LogP contribution in [0.2, 0.25) is 0 Å². The number of phenols is 3. The van der Waals surface area contributed by atoms with Crippen LogP contribution >= 0.6 is 11.8 Å². The van der Waals surface area contributed by atoms with Gasteiger partial charge in [0.25, 0.3) is 0 Å². The van der Waals surface area contributed by atoms with E-state index in [9.17, 15) is 24.9 Å². The lowest BCUT2D eigenvalue weighted by Gasteiger charge is -2.12. The minimum atomic E-state index is -0.392. The van der Waals surface area contributed by atoms with Crippen LogP contribution in [-0.4, -0.2) is 38.6 Å². The zero-order valence-corrected chi connectivity index (χ0v) is 13.8. The van der Waals surface area contributed by atoms with Gasteiger partial charge in [0.05, 0.1) is 5.56 Å². The molecule has 126 valence electrons. The predicted molar refractivity (Wildman–Crippen MR) is 92.3 cm³/mol. The number of carbonyl (C=O) groups is 2. The van der Waals surface area contributed by atoms with Gasteiger partial charge in [0.1, 0.15) is 17.2 Å².